The van der Waals surface area contributed by atoms with Crippen LogP contribution in [-0.2, 0) is 50.7 Å². The molecule has 1 aliphatic rings. The van der Waals surface area contributed by atoms with E-state index in [9.17, 15) is 57.9 Å². The van der Waals surface area contributed by atoms with Gasteiger partial charge in [-0.25, -0.2) is 28.6 Å². The van der Waals surface area contributed by atoms with E-state index in [0.717, 1.165) is 35.4 Å². The molecule has 28 nitrogen and oxygen atoms in total. The van der Waals surface area contributed by atoms with Gasteiger partial charge >= 0.3 is 23.5 Å². The van der Waals surface area contributed by atoms with Crippen molar-refractivity contribution >= 4 is 75.1 Å². The number of phosphoric ester groups is 3. The zero-order valence-electron chi connectivity index (χ0n) is 33.8. The predicted molar refractivity (Wildman–Crippen MR) is 219 cm³/mol. The maximum atomic E-state index is 12.7. The first kappa shape index (κ1) is 53.1. The van der Waals surface area contributed by atoms with Gasteiger partial charge in [0.25, 0.3) is 0 Å². The Morgan fingerprint density at radius 3 is 2.42 bits per heavy atom. The standard InChI is InChI=1S/C30H54N11O17P3S/c1-4-8-36-29(33)37-9-5-6-17(31)28(46)62-12-11-34-19(42)7-10-35-26(45)23(44)30(2,3)14-55-61(52,53)58-60(50,51)54-13-18-22(57-59(47,48)49)21(43)27(56-18)41-16-40-20-24(32)38-15-39-25(20)41/h15-18,21-23,27,43-44H,4-14,31H2,1-3H3,(H,34,42)(H,35,45)(H,50,51)(H,52,53)(H2,32,38,39)(H3,33,36,37)(H2,47,48,49). The normalized spacial score (nSPS) is 21.5. The van der Waals surface area contributed by atoms with E-state index in [2.05, 4.69) is 44.7 Å². The quantitative estimate of drug-likeness (QED) is 0.0212. The minimum absolute atomic E-state index is 0.0245. The Balaban J connectivity index is 1.41. The van der Waals surface area contributed by atoms with Crippen LogP contribution < -0.4 is 33.2 Å². The number of hydrogen-bond acceptors (Lipinski definition) is 20. The van der Waals surface area contributed by atoms with Crippen molar-refractivity contribution in [2.45, 2.75) is 83.1 Å². The molecule has 352 valence electrons. The van der Waals surface area contributed by atoms with Crippen molar-refractivity contribution < 1.29 is 80.5 Å². The van der Waals surface area contributed by atoms with Crippen LogP contribution in [0.25, 0.3) is 11.2 Å². The number of carbonyl (C=O) groups excluding carboxylic acids is 3. The number of imidazole rings is 1. The molecule has 62 heavy (non-hydrogen) atoms. The van der Waals surface area contributed by atoms with Crippen LogP contribution in [0.1, 0.15) is 52.7 Å². The number of aliphatic hydroxyl groups excluding tert-OH is 2. The van der Waals surface area contributed by atoms with E-state index in [1.807, 2.05) is 6.92 Å². The highest BCUT2D eigenvalue weighted by atomic mass is 32.2. The molecule has 0 radical (unpaired) electrons. The molecule has 0 saturated carbocycles. The van der Waals surface area contributed by atoms with E-state index in [0.29, 0.717) is 31.9 Å². The molecule has 3 rings (SSSR count). The topological polar surface area (TPSA) is 440 Å². The molecule has 8 atom stereocenters. The minimum atomic E-state index is -5.59. The Labute approximate surface area is 358 Å². The van der Waals surface area contributed by atoms with Crippen molar-refractivity contribution in [1.82, 2.24) is 35.5 Å². The van der Waals surface area contributed by atoms with Crippen LogP contribution in [0.2, 0.25) is 0 Å². The molecule has 3 heterocycles. The first-order valence-corrected chi connectivity index (χ1v) is 24.2. The number of nitrogen functional groups attached to an aromatic ring is 1. The second-order valence-corrected chi connectivity index (χ2v) is 19.5. The molecule has 2 amide bonds. The number of aliphatic imine (C=N–C) groups is 1. The van der Waals surface area contributed by atoms with Crippen molar-refractivity contribution in [2.75, 3.05) is 50.9 Å². The highest BCUT2D eigenvalue weighted by molar-refractivity contribution is 8.13. The van der Waals surface area contributed by atoms with Crippen LogP contribution in [0.4, 0.5) is 5.82 Å². The van der Waals surface area contributed by atoms with E-state index in [1.54, 1.807) is 0 Å². The molecule has 0 bridgehead atoms. The van der Waals surface area contributed by atoms with Crippen molar-refractivity contribution in [3.8, 4) is 0 Å². The van der Waals surface area contributed by atoms with Crippen LogP contribution in [0.15, 0.2) is 17.6 Å². The monoisotopic (exact) mass is 965 g/mol. The molecule has 0 aromatic carbocycles. The van der Waals surface area contributed by atoms with E-state index in [4.69, 9.17) is 31.0 Å². The van der Waals surface area contributed by atoms with E-state index in [-0.39, 0.29) is 47.4 Å². The average Bonchev–Trinajstić information content (AvgIpc) is 3.75. The second kappa shape index (κ2) is 23.6. The molecule has 8 unspecified atom stereocenters. The molecule has 2 aromatic rings. The number of guanidine groups is 1. The molecule has 2 aromatic heterocycles. The van der Waals surface area contributed by atoms with Crippen LogP contribution in [0.3, 0.4) is 0 Å². The number of rotatable bonds is 26. The average molecular weight is 966 g/mol. The third kappa shape index (κ3) is 17.1. The minimum Gasteiger partial charge on any atom is -0.386 e. The van der Waals surface area contributed by atoms with Gasteiger partial charge in [-0.1, -0.05) is 32.5 Å². The van der Waals surface area contributed by atoms with Gasteiger partial charge in [0, 0.05) is 43.8 Å². The zero-order valence-corrected chi connectivity index (χ0v) is 37.3. The molecule has 1 aliphatic heterocycles. The molecular weight excluding hydrogens is 911 g/mol. The number of aromatic nitrogens is 4. The van der Waals surface area contributed by atoms with E-state index in [1.165, 1.54) is 13.8 Å². The fourth-order valence-electron chi connectivity index (χ4n) is 5.33. The van der Waals surface area contributed by atoms with Gasteiger partial charge < -0.3 is 67.7 Å². The van der Waals surface area contributed by atoms with Crippen LogP contribution in [0.5, 0.6) is 0 Å². The molecule has 15 N–H and O–H groups in total. The van der Waals surface area contributed by atoms with Gasteiger partial charge in [-0.05, 0) is 19.3 Å². The van der Waals surface area contributed by atoms with Gasteiger partial charge in [0.05, 0.1) is 25.6 Å². The highest BCUT2D eigenvalue weighted by Crippen LogP contribution is 2.61. The summed E-state index contributed by atoms with van der Waals surface area (Å²) in [6, 6.07) is -0.705. The second-order valence-electron chi connectivity index (χ2n) is 14.2. The van der Waals surface area contributed by atoms with Crippen LogP contribution >= 0.6 is 35.2 Å². The third-order valence-electron chi connectivity index (χ3n) is 8.55. The largest absolute Gasteiger partial charge is 0.481 e. The Morgan fingerprint density at radius 1 is 1.05 bits per heavy atom. The van der Waals surface area contributed by atoms with Gasteiger partial charge in [0.15, 0.2) is 23.7 Å². The number of nitrogens with one attached hydrogen (secondary N) is 3. The summed E-state index contributed by atoms with van der Waals surface area (Å²) in [4.78, 5) is 92.3. The number of nitrogens with zero attached hydrogens (tertiary/aromatic N) is 5. The Kier molecular flexibility index (Phi) is 20.3. The lowest BCUT2D eigenvalue weighted by Crippen LogP contribution is -2.46. The van der Waals surface area contributed by atoms with E-state index >= 15 is 0 Å². The summed E-state index contributed by atoms with van der Waals surface area (Å²) in [5.41, 5.74) is 15.9. The number of hydrogen-bond donors (Lipinski definition) is 12. The smallest absolute Gasteiger partial charge is 0.386 e. The van der Waals surface area contributed by atoms with Crippen molar-refractivity contribution in [3.05, 3.63) is 12.7 Å². The lowest BCUT2D eigenvalue weighted by molar-refractivity contribution is -0.137. The van der Waals surface area contributed by atoms with E-state index < -0.39 is 90.6 Å². The highest BCUT2D eigenvalue weighted by Gasteiger charge is 2.50. The molecular formula is C30H54N11O17P3S. The van der Waals surface area contributed by atoms with Gasteiger partial charge in [0.1, 0.15) is 36.3 Å². The van der Waals surface area contributed by atoms with Crippen molar-refractivity contribution in [1.29, 1.82) is 0 Å². The Bertz CT molecular complexity index is 2010. The summed E-state index contributed by atoms with van der Waals surface area (Å²) in [6.07, 6.45) is -5.15. The number of carbonyl (C=O) groups is 3. The van der Waals surface area contributed by atoms with Gasteiger partial charge in [-0.2, -0.15) is 4.31 Å². The SMILES string of the molecule is CCCN=C(N)NCCCC(N)C(=O)SCCNC(=O)CCNC(=O)C(O)C(C)(C)COP(=O)(O)OP(=O)(O)OCC1OC(n2cnc3c(N)ncnc32)C(O)C1OP(=O)(O)O. The lowest BCUT2D eigenvalue weighted by atomic mass is 9.87. The molecule has 1 fully saturated rings. The summed E-state index contributed by atoms with van der Waals surface area (Å²) in [5, 5.41) is 29.1. The maximum absolute atomic E-state index is 12.7. The Hall–Kier alpha value is -3.21. The van der Waals surface area contributed by atoms with Gasteiger partial charge in [0.2, 0.25) is 16.9 Å². The fourth-order valence-corrected chi connectivity index (χ4v) is 8.90. The summed E-state index contributed by atoms with van der Waals surface area (Å²) >= 11 is 0.960. The van der Waals surface area contributed by atoms with Gasteiger partial charge in [-0.3, -0.25) is 37.5 Å². The number of aliphatic hydroxyl groups is 2. The molecule has 0 aliphatic carbocycles. The van der Waals surface area contributed by atoms with Crippen molar-refractivity contribution in [3.63, 3.8) is 0 Å². The zero-order chi connectivity index (χ0) is 46.5. The third-order valence-corrected chi connectivity index (χ3v) is 12.6. The van der Waals surface area contributed by atoms with Gasteiger partial charge in [-0.15, -0.1) is 0 Å². The summed E-state index contributed by atoms with van der Waals surface area (Å²) < 4.78 is 62.2. The maximum Gasteiger partial charge on any atom is 0.481 e. The number of thioether (sulfide) groups is 1. The number of amides is 2. The number of anilines is 1. The predicted octanol–water partition coefficient (Wildman–Crippen LogP) is -1.91. The number of ether oxygens (including phenoxy) is 1. The first-order valence-electron chi connectivity index (χ1n) is 18.7. The summed E-state index contributed by atoms with van der Waals surface area (Å²) in [7, 11) is -16.4. The first-order chi connectivity index (χ1) is 28.9. The molecule has 32 heteroatoms. The number of phosphoric acid groups is 3. The fraction of sp³-hybridized carbons (Fsp3) is 0.700. The lowest BCUT2D eigenvalue weighted by Gasteiger charge is -2.30. The Morgan fingerprint density at radius 2 is 1.74 bits per heavy atom. The number of fused-ring (bicyclic) bond motifs is 1. The summed E-state index contributed by atoms with van der Waals surface area (Å²) in [6.45, 7) is 3.43. The van der Waals surface area contributed by atoms with Crippen molar-refractivity contribution in [2.24, 2.45) is 21.9 Å². The molecule has 0 spiro atoms. The summed E-state index contributed by atoms with van der Waals surface area (Å²) in [5.74, 6) is -0.952. The van der Waals surface area contributed by atoms with Crippen LogP contribution in [-0.4, -0.2) is 148 Å². The molecule has 1 saturated heterocycles. The number of nitrogens with two attached hydrogens (primary N) is 3. The van der Waals surface area contributed by atoms with Crippen LogP contribution in [0, 0.1) is 5.41 Å².